The van der Waals surface area contributed by atoms with Crippen LogP contribution in [0, 0.1) is 6.92 Å². The Bertz CT molecular complexity index is 513. The predicted octanol–water partition coefficient (Wildman–Crippen LogP) is 5.85. The number of thioether (sulfide) groups is 4. The summed E-state index contributed by atoms with van der Waals surface area (Å²) in [6.45, 7) is 2.12. The molecule has 0 N–H and O–H groups in total. The second-order valence-electron chi connectivity index (χ2n) is 3.65. The lowest BCUT2D eigenvalue weighted by Gasteiger charge is -2.03. The highest BCUT2D eigenvalue weighted by Crippen LogP contribution is 2.55. The van der Waals surface area contributed by atoms with Gasteiger partial charge in [-0.3, -0.25) is 0 Å². The van der Waals surface area contributed by atoms with Crippen molar-refractivity contribution in [3.8, 4) is 0 Å². The van der Waals surface area contributed by atoms with Crippen molar-refractivity contribution >= 4 is 52.0 Å². The molecular formula is C13H10S4. The molecule has 1 aromatic carbocycles. The molecule has 3 rings (SSSR count). The van der Waals surface area contributed by atoms with Crippen LogP contribution >= 0.6 is 47.0 Å². The molecule has 2 aliphatic heterocycles. The fraction of sp³-hybridized carbons (Fsp3) is 0.0769. The minimum atomic E-state index is 1.31. The summed E-state index contributed by atoms with van der Waals surface area (Å²) in [5, 5.41) is 6.56. The Morgan fingerprint density at radius 2 is 1.53 bits per heavy atom. The fourth-order valence-electron chi connectivity index (χ4n) is 1.49. The minimum Gasteiger partial charge on any atom is -0.0884 e. The summed E-state index contributed by atoms with van der Waals surface area (Å²) in [5.41, 5.74) is 2.64. The van der Waals surface area contributed by atoms with E-state index in [-0.39, 0.29) is 0 Å². The molecule has 86 valence electrons. The van der Waals surface area contributed by atoms with E-state index in [1.807, 2.05) is 47.0 Å². The van der Waals surface area contributed by atoms with Gasteiger partial charge in [-0.15, -0.1) is 0 Å². The molecule has 0 aliphatic carbocycles. The molecule has 4 heteroatoms. The van der Waals surface area contributed by atoms with Crippen LogP contribution in [0.4, 0.5) is 0 Å². The Labute approximate surface area is 118 Å². The number of hydrogen-bond donors (Lipinski definition) is 0. The molecule has 17 heavy (non-hydrogen) atoms. The molecule has 0 unspecified atom stereocenters. The first-order valence-electron chi connectivity index (χ1n) is 5.17. The summed E-state index contributed by atoms with van der Waals surface area (Å²) >= 11 is 7.39. The molecule has 2 heterocycles. The zero-order chi connectivity index (χ0) is 11.7. The van der Waals surface area contributed by atoms with Crippen LogP contribution in [0.25, 0.3) is 4.91 Å². The van der Waals surface area contributed by atoms with E-state index in [2.05, 4.69) is 47.4 Å². The van der Waals surface area contributed by atoms with Gasteiger partial charge in [0.15, 0.2) is 0 Å². The van der Waals surface area contributed by atoms with Gasteiger partial charge >= 0.3 is 0 Å². The summed E-state index contributed by atoms with van der Waals surface area (Å²) < 4.78 is 2.83. The van der Waals surface area contributed by atoms with Crippen molar-refractivity contribution in [3.63, 3.8) is 0 Å². The zero-order valence-electron chi connectivity index (χ0n) is 9.17. The molecular weight excluding hydrogens is 284 g/mol. The van der Waals surface area contributed by atoms with E-state index >= 15 is 0 Å². The van der Waals surface area contributed by atoms with Crippen LogP contribution < -0.4 is 0 Å². The smallest absolute Gasteiger partial charge is 0.0700 e. The van der Waals surface area contributed by atoms with E-state index in [0.29, 0.717) is 0 Å². The van der Waals surface area contributed by atoms with E-state index < -0.39 is 0 Å². The molecule has 0 aromatic heterocycles. The van der Waals surface area contributed by atoms with E-state index in [0.717, 1.165) is 0 Å². The van der Waals surface area contributed by atoms with Crippen molar-refractivity contribution in [2.24, 2.45) is 0 Å². The highest BCUT2D eigenvalue weighted by Gasteiger charge is 2.19. The Balaban J connectivity index is 1.79. The predicted molar refractivity (Wildman–Crippen MR) is 85.7 cm³/mol. The molecule has 0 radical (unpaired) electrons. The van der Waals surface area contributed by atoms with Gasteiger partial charge in [-0.05, 0) is 28.7 Å². The normalized spacial score (nSPS) is 19.0. The van der Waals surface area contributed by atoms with Gasteiger partial charge in [0, 0.05) is 4.91 Å². The minimum absolute atomic E-state index is 1.31. The lowest BCUT2D eigenvalue weighted by Crippen LogP contribution is -1.77. The van der Waals surface area contributed by atoms with Crippen molar-refractivity contribution in [1.82, 2.24) is 0 Å². The van der Waals surface area contributed by atoms with Crippen LogP contribution in [0.15, 0.2) is 49.0 Å². The first-order valence-corrected chi connectivity index (χ1v) is 8.63. The van der Waals surface area contributed by atoms with Crippen LogP contribution in [-0.2, 0) is 0 Å². The Kier molecular flexibility index (Phi) is 3.66. The van der Waals surface area contributed by atoms with Gasteiger partial charge in [0.2, 0.25) is 0 Å². The SMILES string of the molecule is Cc1ccc(C2=CSC(=C3SC=CS3)S2)cc1. The third-order valence-electron chi connectivity index (χ3n) is 2.38. The van der Waals surface area contributed by atoms with Gasteiger partial charge in [0.25, 0.3) is 0 Å². The van der Waals surface area contributed by atoms with E-state index in [1.54, 1.807) is 0 Å². The highest BCUT2D eigenvalue weighted by molar-refractivity contribution is 8.35. The van der Waals surface area contributed by atoms with Gasteiger partial charge in [-0.25, -0.2) is 0 Å². The number of rotatable bonds is 1. The van der Waals surface area contributed by atoms with Crippen molar-refractivity contribution in [1.29, 1.82) is 0 Å². The fourth-order valence-corrected chi connectivity index (χ4v) is 5.97. The maximum atomic E-state index is 2.26. The second kappa shape index (κ2) is 5.22. The summed E-state index contributed by atoms with van der Waals surface area (Å²) in [4.78, 5) is 1.37. The monoisotopic (exact) mass is 294 g/mol. The van der Waals surface area contributed by atoms with Crippen LogP contribution in [0.5, 0.6) is 0 Å². The molecule has 0 saturated heterocycles. The third-order valence-corrected chi connectivity index (χ3v) is 7.45. The maximum absolute atomic E-state index is 2.26. The molecule has 0 nitrogen and oxygen atoms in total. The van der Waals surface area contributed by atoms with Crippen LogP contribution in [0.2, 0.25) is 0 Å². The average molecular weight is 294 g/mol. The summed E-state index contributed by atoms with van der Waals surface area (Å²) in [6.07, 6.45) is 0. The highest BCUT2D eigenvalue weighted by atomic mass is 32.2. The summed E-state index contributed by atoms with van der Waals surface area (Å²) in [7, 11) is 0. The van der Waals surface area contributed by atoms with Crippen molar-refractivity contribution in [3.05, 3.63) is 60.1 Å². The molecule has 0 fully saturated rings. The molecule has 2 aliphatic rings. The number of benzene rings is 1. The molecule has 0 bridgehead atoms. The first-order chi connectivity index (χ1) is 8.33. The molecule has 0 saturated carbocycles. The largest absolute Gasteiger partial charge is 0.0884 e. The van der Waals surface area contributed by atoms with Crippen molar-refractivity contribution in [2.75, 3.05) is 0 Å². The van der Waals surface area contributed by atoms with Crippen molar-refractivity contribution < 1.29 is 0 Å². The third kappa shape index (κ3) is 2.65. The zero-order valence-corrected chi connectivity index (χ0v) is 12.4. The van der Waals surface area contributed by atoms with E-state index in [9.17, 15) is 0 Å². The Hall–Kier alpha value is -0.160. The molecule has 0 atom stereocenters. The molecule has 0 amide bonds. The topological polar surface area (TPSA) is 0 Å². The van der Waals surface area contributed by atoms with Crippen molar-refractivity contribution in [2.45, 2.75) is 6.92 Å². The summed E-state index contributed by atoms with van der Waals surface area (Å²) in [6, 6.07) is 8.76. The maximum Gasteiger partial charge on any atom is 0.0700 e. The van der Waals surface area contributed by atoms with Crippen LogP contribution in [-0.4, -0.2) is 0 Å². The van der Waals surface area contributed by atoms with Gasteiger partial charge in [-0.1, -0.05) is 76.9 Å². The summed E-state index contributed by atoms with van der Waals surface area (Å²) in [5.74, 6) is 0. The standard InChI is InChI=1S/C13H10S4/c1-9-2-4-10(5-3-9)11-8-16-13(17-11)12-14-6-7-15-12/h2-8H,1H3. The lowest BCUT2D eigenvalue weighted by atomic mass is 10.1. The van der Waals surface area contributed by atoms with Gasteiger partial charge in [-0.2, -0.15) is 0 Å². The molecule has 1 aromatic rings. The molecule has 0 spiro atoms. The van der Waals surface area contributed by atoms with E-state index in [4.69, 9.17) is 0 Å². The van der Waals surface area contributed by atoms with E-state index in [1.165, 1.54) is 24.5 Å². The van der Waals surface area contributed by atoms with Crippen LogP contribution in [0.3, 0.4) is 0 Å². The number of aryl methyl sites for hydroxylation is 1. The second-order valence-corrected chi connectivity index (χ2v) is 7.93. The average Bonchev–Trinajstić information content (AvgIpc) is 3.00. The Morgan fingerprint density at radius 3 is 2.24 bits per heavy atom. The van der Waals surface area contributed by atoms with Gasteiger partial charge < -0.3 is 0 Å². The quantitative estimate of drug-likeness (QED) is 0.636. The van der Waals surface area contributed by atoms with Gasteiger partial charge in [0.1, 0.15) is 0 Å². The number of hydrogen-bond acceptors (Lipinski definition) is 4. The van der Waals surface area contributed by atoms with Gasteiger partial charge in [0.05, 0.1) is 8.47 Å². The lowest BCUT2D eigenvalue weighted by molar-refractivity contribution is 1.46. The first kappa shape index (κ1) is 11.9. The van der Waals surface area contributed by atoms with Crippen LogP contribution in [0.1, 0.15) is 11.1 Å². The Morgan fingerprint density at radius 1 is 0.824 bits per heavy atom.